The molecule has 150 valence electrons. The molecular formula is C29H22S2. The van der Waals surface area contributed by atoms with Gasteiger partial charge < -0.3 is 0 Å². The largest absolute Gasteiger partial charge is 0.140 e. The Labute approximate surface area is 191 Å². The van der Waals surface area contributed by atoms with Crippen LogP contribution in [0.25, 0.3) is 36.5 Å². The third-order valence-corrected chi connectivity index (χ3v) is 8.45. The molecule has 2 aliphatic carbocycles. The summed E-state index contributed by atoms with van der Waals surface area (Å²) in [6, 6.07) is 22.6. The third-order valence-electron chi connectivity index (χ3n) is 6.12. The highest BCUT2D eigenvalue weighted by molar-refractivity contribution is 7.23. The summed E-state index contributed by atoms with van der Waals surface area (Å²) < 4.78 is 0. The van der Waals surface area contributed by atoms with E-state index in [2.05, 4.69) is 104 Å². The van der Waals surface area contributed by atoms with Gasteiger partial charge in [-0.1, -0.05) is 60.7 Å². The molecule has 2 aromatic carbocycles. The number of rotatable bonds is 3. The first-order valence-electron chi connectivity index (χ1n) is 10.7. The lowest BCUT2D eigenvalue weighted by Gasteiger charge is -2.21. The Balaban J connectivity index is 1.32. The van der Waals surface area contributed by atoms with Crippen LogP contribution in [0.15, 0.2) is 103 Å². The summed E-state index contributed by atoms with van der Waals surface area (Å²) in [6.45, 7) is 2.17. The first-order chi connectivity index (χ1) is 15.2. The summed E-state index contributed by atoms with van der Waals surface area (Å²) in [7, 11) is 0. The molecule has 1 unspecified atom stereocenters. The zero-order valence-electron chi connectivity index (χ0n) is 17.3. The van der Waals surface area contributed by atoms with Crippen LogP contribution in [0.4, 0.5) is 0 Å². The van der Waals surface area contributed by atoms with Crippen LogP contribution in [0.3, 0.4) is 0 Å². The van der Waals surface area contributed by atoms with Crippen molar-refractivity contribution < 1.29 is 0 Å². The Morgan fingerprint density at radius 1 is 0.774 bits per heavy atom. The van der Waals surface area contributed by atoms with Gasteiger partial charge in [0.25, 0.3) is 0 Å². The van der Waals surface area contributed by atoms with Crippen molar-refractivity contribution in [1.82, 2.24) is 0 Å². The maximum absolute atomic E-state index is 2.35. The van der Waals surface area contributed by atoms with Gasteiger partial charge in [-0.05, 0) is 82.8 Å². The van der Waals surface area contributed by atoms with Gasteiger partial charge in [0, 0.05) is 25.4 Å². The first-order valence-corrected chi connectivity index (χ1v) is 12.3. The first kappa shape index (κ1) is 18.8. The maximum atomic E-state index is 2.35. The van der Waals surface area contributed by atoms with E-state index in [1.54, 1.807) is 0 Å². The molecular weight excluding hydrogens is 412 g/mol. The predicted molar refractivity (Wildman–Crippen MR) is 138 cm³/mol. The fourth-order valence-corrected chi connectivity index (χ4v) is 6.37. The predicted octanol–water partition coefficient (Wildman–Crippen LogP) is 9.06. The van der Waals surface area contributed by atoms with Crippen LogP contribution in [0.2, 0.25) is 0 Å². The van der Waals surface area contributed by atoms with Crippen molar-refractivity contribution >= 4 is 39.0 Å². The fraction of sp³-hybridized carbons (Fsp3) is 0.103. The lowest BCUT2D eigenvalue weighted by atomic mass is 9.84. The Morgan fingerprint density at radius 3 is 2.35 bits per heavy atom. The summed E-state index contributed by atoms with van der Waals surface area (Å²) in [6.07, 6.45) is 14.8. The smallest absolute Gasteiger partial charge is 0.0449 e. The van der Waals surface area contributed by atoms with Gasteiger partial charge in [0.05, 0.1) is 0 Å². The molecule has 2 aromatic heterocycles. The van der Waals surface area contributed by atoms with Crippen molar-refractivity contribution in [2.24, 2.45) is 5.92 Å². The molecule has 2 aliphatic rings. The minimum absolute atomic E-state index is 0.547. The minimum atomic E-state index is 0.547. The molecule has 4 aromatic rings. The number of benzene rings is 2. The van der Waals surface area contributed by atoms with Crippen molar-refractivity contribution in [1.29, 1.82) is 0 Å². The SMILES string of the molecule is Cc1ccc(-c2ccc(-c3ccc4cc(C5=CC6=CC=CCC6C=C5)ccc4c3)s2)s1. The lowest BCUT2D eigenvalue weighted by molar-refractivity contribution is 0.781. The monoisotopic (exact) mass is 434 g/mol. The van der Waals surface area contributed by atoms with E-state index >= 15 is 0 Å². The van der Waals surface area contributed by atoms with E-state index in [1.165, 1.54) is 52.6 Å². The zero-order valence-corrected chi connectivity index (χ0v) is 19.0. The molecule has 1 atom stereocenters. The summed E-state index contributed by atoms with van der Waals surface area (Å²) in [5, 5.41) is 2.59. The van der Waals surface area contributed by atoms with Crippen LogP contribution < -0.4 is 0 Å². The van der Waals surface area contributed by atoms with Gasteiger partial charge in [-0.3, -0.25) is 0 Å². The molecule has 0 saturated heterocycles. The molecule has 0 aliphatic heterocycles. The molecule has 6 rings (SSSR count). The van der Waals surface area contributed by atoms with E-state index in [1.807, 2.05) is 22.7 Å². The van der Waals surface area contributed by atoms with E-state index in [0.29, 0.717) is 5.92 Å². The summed E-state index contributed by atoms with van der Waals surface area (Å²) in [4.78, 5) is 5.40. The maximum Gasteiger partial charge on any atom is 0.0449 e. The van der Waals surface area contributed by atoms with Gasteiger partial charge in [-0.15, -0.1) is 22.7 Å². The Bertz CT molecular complexity index is 1420. The molecule has 0 radical (unpaired) electrons. The van der Waals surface area contributed by atoms with Crippen LogP contribution in [0.1, 0.15) is 16.9 Å². The van der Waals surface area contributed by atoms with Crippen molar-refractivity contribution in [2.45, 2.75) is 13.3 Å². The molecule has 0 amide bonds. The third kappa shape index (κ3) is 3.56. The van der Waals surface area contributed by atoms with Gasteiger partial charge in [0.1, 0.15) is 0 Å². The second kappa shape index (κ2) is 7.64. The highest BCUT2D eigenvalue weighted by Gasteiger charge is 2.16. The number of allylic oxidation sites excluding steroid dienone is 8. The van der Waals surface area contributed by atoms with Crippen molar-refractivity contribution in [3.8, 4) is 20.2 Å². The van der Waals surface area contributed by atoms with E-state index in [-0.39, 0.29) is 0 Å². The molecule has 0 N–H and O–H groups in total. The normalized spacial score (nSPS) is 17.5. The van der Waals surface area contributed by atoms with Gasteiger partial charge in [-0.2, -0.15) is 0 Å². The molecule has 2 heteroatoms. The average Bonchev–Trinajstić information content (AvgIpc) is 3.47. The van der Waals surface area contributed by atoms with Crippen LogP contribution in [0.5, 0.6) is 0 Å². The topological polar surface area (TPSA) is 0 Å². The fourth-order valence-electron chi connectivity index (χ4n) is 4.41. The molecule has 2 heterocycles. The van der Waals surface area contributed by atoms with Gasteiger partial charge in [-0.25, -0.2) is 0 Å². The van der Waals surface area contributed by atoms with E-state index in [9.17, 15) is 0 Å². The van der Waals surface area contributed by atoms with E-state index in [4.69, 9.17) is 0 Å². The van der Waals surface area contributed by atoms with Crippen LogP contribution in [-0.2, 0) is 0 Å². The van der Waals surface area contributed by atoms with Crippen LogP contribution in [-0.4, -0.2) is 0 Å². The second-order valence-electron chi connectivity index (χ2n) is 8.25. The van der Waals surface area contributed by atoms with Crippen LogP contribution in [0, 0.1) is 12.8 Å². The standard InChI is InChI=1S/C29H22S2/c1-19-6-13-28(30-19)29-15-14-27(31-29)26-12-11-24-17-23(9-10-25(24)18-26)22-8-7-20-4-2-3-5-21(20)16-22/h2-3,5-18,20H,4H2,1H3. The zero-order chi connectivity index (χ0) is 20.8. The van der Waals surface area contributed by atoms with Crippen molar-refractivity contribution in [3.05, 3.63) is 113 Å². The minimum Gasteiger partial charge on any atom is -0.140 e. The summed E-state index contributed by atoms with van der Waals surface area (Å²) >= 11 is 3.74. The van der Waals surface area contributed by atoms with Crippen LogP contribution >= 0.6 is 22.7 Å². The molecule has 0 fully saturated rings. The number of fused-ring (bicyclic) bond motifs is 2. The Morgan fingerprint density at radius 2 is 1.52 bits per heavy atom. The molecule has 0 bridgehead atoms. The number of thiophene rings is 2. The van der Waals surface area contributed by atoms with Crippen molar-refractivity contribution in [2.75, 3.05) is 0 Å². The summed E-state index contributed by atoms with van der Waals surface area (Å²) in [5.74, 6) is 0.547. The van der Waals surface area contributed by atoms with Gasteiger partial charge >= 0.3 is 0 Å². The molecule has 0 spiro atoms. The lowest BCUT2D eigenvalue weighted by Crippen LogP contribution is -2.05. The second-order valence-corrected chi connectivity index (χ2v) is 10.6. The van der Waals surface area contributed by atoms with Gasteiger partial charge in [0.15, 0.2) is 0 Å². The van der Waals surface area contributed by atoms with Gasteiger partial charge in [0.2, 0.25) is 0 Å². The van der Waals surface area contributed by atoms with E-state index < -0.39 is 0 Å². The number of aryl methyl sites for hydroxylation is 1. The molecule has 31 heavy (non-hydrogen) atoms. The quantitative estimate of drug-likeness (QED) is 0.302. The number of hydrogen-bond acceptors (Lipinski definition) is 2. The van der Waals surface area contributed by atoms with Crippen molar-refractivity contribution in [3.63, 3.8) is 0 Å². The highest BCUT2D eigenvalue weighted by atomic mass is 32.1. The molecule has 0 saturated carbocycles. The molecule has 0 nitrogen and oxygen atoms in total. The number of hydrogen-bond donors (Lipinski definition) is 0. The Hall–Kier alpha value is -2.94. The Kier molecular flexibility index (Phi) is 4.63. The van der Waals surface area contributed by atoms with E-state index in [0.717, 1.165) is 6.42 Å². The summed E-state index contributed by atoms with van der Waals surface area (Å²) in [5.41, 5.74) is 5.31. The average molecular weight is 435 g/mol. The highest BCUT2D eigenvalue weighted by Crippen LogP contribution is 2.39.